The lowest BCUT2D eigenvalue weighted by atomic mass is 10.0. The molecule has 0 heterocycles. The molecule has 0 aliphatic rings. The number of hydrogen-bond donors (Lipinski definition) is 0. The van der Waals surface area contributed by atoms with Crippen LogP contribution in [0.3, 0.4) is 0 Å². The Morgan fingerprint density at radius 1 is 0.292 bits per heavy atom. The van der Waals surface area contributed by atoms with Gasteiger partial charge >= 0.3 is 17.9 Å². The molecular formula is C59H114O6. The summed E-state index contributed by atoms with van der Waals surface area (Å²) in [6.45, 7) is 11.4. The summed E-state index contributed by atoms with van der Waals surface area (Å²) >= 11 is 0. The maximum atomic E-state index is 12.9. The molecule has 0 saturated carbocycles. The molecule has 0 bridgehead atoms. The monoisotopic (exact) mass is 919 g/mol. The quantitative estimate of drug-likeness (QED) is 0.0344. The van der Waals surface area contributed by atoms with Crippen molar-refractivity contribution in [3.8, 4) is 0 Å². The Balaban J connectivity index is 4.25. The largest absolute Gasteiger partial charge is 0.462 e. The molecule has 0 aliphatic carbocycles. The van der Waals surface area contributed by atoms with Crippen molar-refractivity contribution in [1.29, 1.82) is 0 Å². The maximum Gasteiger partial charge on any atom is 0.306 e. The van der Waals surface area contributed by atoms with Crippen LogP contribution in [0.1, 0.15) is 330 Å². The first kappa shape index (κ1) is 63.4. The van der Waals surface area contributed by atoms with Crippen LogP contribution in [0.15, 0.2) is 0 Å². The van der Waals surface area contributed by atoms with Gasteiger partial charge < -0.3 is 14.2 Å². The third-order valence-corrected chi connectivity index (χ3v) is 13.5. The SMILES string of the molecule is CCCCCCCCCCCCCCCCCCCCC(=O)OC[C@H](COC(=O)CCCCCCCCCCC(C)C)OC(=O)CCCCCCCCCCCCCCCCCC(C)C. The second-order valence-electron chi connectivity index (χ2n) is 21.2. The molecule has 0 radical (unpaired) electrons. The highest BCUT2D eigenvalue weighted by Gasteiger charge is 2.19. The minimum Gasteiger partial charge on any atom is -0.462 e. The molecule has 0 amide bonds. The normalized spacial score (nSPS) is 12.0. The second kappa shape index (κ2) is 51.8. The Kier molecular flexibility index (Phi) is 50.5. The van der Waals surface area contributed by atoms with Crippen LogP contribution in [0.25, 0.3) is 0 Å². The topological polar surface area (TPSA) is 78.9 Å². The van der Waals surface area contributed by atoms with Gasteiger partial charge in [-0.3, -0.25) is 14.4 Å². The molecule has 386 valence electrons. The molecule has 0 N–H and O–H groups in total. The van der Waals surface area contributed by atoms with E-state index in [-0.39, 0.29) is 31.1 Å². The Morgan fingerprint density at radius 2 is 0.508 bits per heavy atom. The molecule has 6 nitrogen and oxygen atoms in total. The predicted octanol–water partition coefficient (Wildman–Crippen LogP) is 19.3. The molecule has 65 heavy (non-hydrogen) atoms. The lowest BCUT2D eigenvalue weighted by Crippen LogP contribution is -2.30. The van der Waals surface area contributed by atoms with Gasteiger partial charge in [0.25, 0.3) is 0 Å². The Hall–Kier alpha value is -1.59. The summed E-state index contributed by atoms with van der Waals surface area (Å²) < 4.78 is 16.9. The fourth-order valence-electron chi connectivity index (χ4n) is 9.05. The molecule has 0 aromatic heterocycles. The number of ether oxygens (including phenoxy) is 3. The minimum atomic E-state index is -0.763. The second-order valence-corrected chi connectivity index (χ2v) is 21.2. The average Bonchev–Trinajstić information content (AvgIpc) is 3.28. The molecule has 0 aromatic carbocycles. The molecular weight excluding hydrogens is 805 g/mol. The van der Waals surface area contributed by atoms with Gasteiger partial charge in [-0.05, 0) is 31.1 Å². The van der Waals surface area contributed by atoms with Crippen molar-refractivity contribution in [2.75, 3.05) is 13.2 Å². The van der Waals surface area contributed by atoms with Gasteiger partial charge in [-0.1, -0.05) is 291 Å². The predicted molar refractivity (Wildman–Crippen MR) is 280 cm³/mol. The minimum absolute atomic E-state index is 0.0630. The van der Waals surface area contributed by atoms with Gasteiger partial charge in [-0.2, -0.15) is 0 Å². The smallest absolute Gasteiger partial charge is 0.306 e. The molecule has 0 spiro atoms. The Labute approximate surface area is 406 Å². The highest BCUT2D eigenvalue weighted by atomic mass is 16.6. The van der Waals surface area contributed by atoms with Crippen LogP contribution in [0, 0.1) is 11.8 Å². The van der Waals surface area contributed by atoms with Gasteiger partial charge in [0, 0.05) is 19.3 Å². The van der Waals surface area contributed by atoms with Gasteiger partial charge in [0.1, 0.15) is 13.2 Å². The number of esters is 3. The van der Waals surface area contributed by atoms with Crippen molar-refractivity contribution < 1.29 is 28.6 Å². The Morgan fingerprint density at radius 3 is 0.754 bits per heavy atom. The summed E-state index contributed by atoms with van der Waals surface area (Å²) in [5, 5.41) is 0. The van der Waals surface area contributed by atoms with Crippen LogP contribution < -0.4 is 0 Å². The first-order chi connectivity index (χ1) is 31.7. The molecule has 0 fully saturated rings. The summed E-state index contributed by atoms with van der Waals surface area (Å²) in [6.07, 6.45) is 55.3. The van der Waals surface area contributed by atoms with Gasteiger partial charge in [0.15, 0.2) is 6.10 Å². The van der Waals surface area contributed by atoms with E-state index in [1.54, 1.807) is 0 Å². The number of rotatable bonds is 53. The molecule has 0 aliphatic heterocycles. The first-order valence-electron chi connectivity index (χ1n) is 29.2. The first-order valence-corrected chi connectivity index (χ1v) is 29.2. The lowest BCUT2D eigenvalue weighted by Gasteiger charge is -2.18. The van der Waals surface area contributed by atoms with E-state index in [0.29, 0.717) is 19.3 Å². The number of carbonyl (C=O) groups excluding carboxylic acids is 3. The van der Waals surface area contributed by atoms with Crippen molar-refractivity contribution in [2.45, 2.75) is 336 Å². The van der Waals surface area contributed by atoms with Gasteiger partial charge in [-0.25, -0.2) is 0 Å². The van der Waals surface area contributed by atoms with Crippen LogP contribution in [0.4, 0.5) is 0 Å². The molecule has 0 saturated heterocycles. The van der Waals surface area contributed by atoms with E-state index in [0.717, 1.165) is 69.6 Å². The van der Waals surface area contributed by atoms with Gasteiger partial charge in [-0.15, -0.1) is 0 Å². The standard InChI is InChI=1S/C59H114O6/c1-6-7-8-9-10-11-12-13-14-15-16-19-22-25-28-34-39-44-49-57(60)63-52-56(53-64-58(61)50-45-40-35-31-30-33-38-43-48-55(4)5)65-59(62)51-46-41-36-29-26-23-20-17-18-21-24-27-32-37-42-47-54(2)3/h54-56H,6-53H2,1-5H3/t56-/m1/s1. The van der Waals surface area contributed by atoms with Crippen molar-refractivity contribution >= 4 is 17.9 Å². The summed E-state index contributed by atoms with van der Waals surface area (Å²) in [4.78, 5) is 38.1. The molecule has 0 aromatic rings. The zero-order valence-electron chi connectivity index (χ0n) is 44.6. The number of hydrogen-bond acceptors (Lipinski definition) is 6. The van der Waals surface area contributed by atoms with E-state index >= 15 is 0 Å². The van der Waals surface area contributed by atoms with Crippen LogP contribution in [0.2, 0.25) is 0 Å². The van der Waals surface area contributed by atoms with Crippen LogP contribution in [-0.2, 0) is 28.6 Å². The third kappa shape index (κ3) is 53.2. The van der Waals surface area contributed by atoms with Gasteiger partial charge in [0.05, 0.1) is 0 Å². The van der Waals surface area contributed by atoms with Crippen LogP contribution in [-0.4, -0.2) is 37.2 Å². The molecule has 6 heteroatoms. The van der Waals surface area contributed by atoms with Crippen LogP contribution >= 0.6 is 0 Å². The van der Waals surface area contributed by atoms with E-state index < -0.39 is 6.10 Å². The average molecular weight is 920 g/mol. The van der Waals surface area contributed by atoms with Gasteiger partial charge in [0.2, 0.25) is 0 Å². The highest BCUT2D eigenvalue weighted by Crippen LogP contribution is 2.18. The zero-order valence-corrected chi connectivity index (χ0v) is 44.6. The maximum absolute atomic E-state index is 12.9. The zero-order chi connectivity index (χ0) is 47.5. The van der Waals surface area contributed by atoms with E-state index in [9.17, 15) is 14.4 Å². The summed E-state index contributed by atoms with van der Waals surface area (Å²) in [6, 6.07) is 0. The van der Waals surface area contributed by atoms with E-state index in [1.165, 1.54) is 218 Å². The highest BCUT2D eigenvalue weighted by molar-refractivity contribution is 5.71. The van der Waals surface area contributed by atoms with Crippen molar-refractivity contribution in [1.82, 2.24) is 0 Å². The van der Waals surface area contributed by atoms with Crippen molar-refractivity contribution in [3.05, 3.63) is 0 Å². The summed E-state index contributed by atoms with van der Waals surface area (Å²) in [7, 11) is 0. The lowest BCUT2D eigenvalue weighted by molar-refractivity contribution is -0.167. The number of unbranched alkanes of at least 4 members (excludes halogenated alkanes) is 38. The van der Waals surface area contributed by atoms with E-state index in [2.05, 4.69) is 34.6 Å². The fourth-order valence-corrected chi connectivity index (χ4v) is 9.05. The molecule has 0 rings (SSSR count). The van der Waals surface area contributed by atoms with E-state index in [1.807, 2.05) is 0 Å². The van der Waals surface area contributed by atoms with E-state index in [4.69, 9.17) is 14.2 Å². The van der Waals surface area contributed by atoms with Crippen molar-refractivity contribution in [3.63, 3.8) is 0 Å². The fraction of sp³-hybridized carbons (Fsp3) is 0.949. The summed E-state index contributed by atoms with van der Waals surface area (Å²) in [5.74, 6) is 0.803. The van der Waals surface area contributed by atoms with Crippen LogP contribution in [0.5, 0.6) is 0 Å². The molecule has 0 unspecified atom stereocenters. The van der Waals surface area contributed by atoms with Crippen molar-refractivity contribution in [2.24, 2.45) is 11.8 Å². The Bertz CT molecular complexity index is 993. The third-order valence-electron chi connectivity index (χ3n) is 13.5. The number of carbonyl (C=O) groups is 3. The summed E-state index contributed by atoms with van der Waals surface area (Å²) in [5.41, 5.74) is 0. The molecule has 1 atom stereocenters.